The van der Waals surface area contributed by atoms with Crippen molar-refractivity contribution >= 4 is 17.6 Å². The summed E-state index contributed by atoms with van der Waals surface area (Å²) in [4.78, 5) is 33.0. The first-order valence-corrected chi connectivity index (χ1v) is 11.8. The standard InChI is InChI=1S/C29H22N4O5/c1-17-31-11-9-25(32-17)19-3-2-4-21(13-19)33-28(34)18-5-7-22(8-6-18)38-26-15-27-24(14-20(26)16-30)23(29(35)36)10-12-37-27/h2-9,11,13-15,23H,10,12H2,1H3,(H,33,34)(H,35,36). The van der Waals surface area contributed by atoms with Crippen molar-refractivity contribution < 1.29 is 24.2 Å². The number of fused-ring (bicyclic) bond motifs is 1. The van der Waals surface area contributed by atoms with Gasteiger partial charge in [-0.1, -0.05) is 12.1 Å². The topological polar surface area (TPSA) is 134 Å². The van der Waals surface area contributed by atoms with Gasteiger partial charge in [0.1, 0.15) is 29.1 Å². The molecule has 1 atom stereocenters. The van der Waals surface area contributed by atoms with E-state index in [4.69, 9.17) is 9.47 Å². The maximum Gasteiger partial charge on any atom is 0.311 e. The summed E-state index contributed by atoms with van der Waals surface area (Å²) < 4.78 is 11.5. The minimum atomic E-state index is -0.961. The number of nitrogens with zero attached hydrogens (tertiary/aromatic N) is 3. The molecular weight excluding hydrogens is 484 g/mol. The van der Waals surface area contributed by atoms with Crippen LogP contribution in [0.1, 0.15) is 39.6 Å². The van der Waals surface area contributed by atoms with Crippen molar-refractivity contribution in [2.45, 2.75) is 19.3 Å². The lowest BCUT2D eigenvalue weighted by molar-refractivity contribution is -0.139. The third kappa shape index (κ3) is 5.15. The average molecular weight is 507 g/mol. The predicted molar refractivity (Wildman–Crippen MR) is 138 cm³/mol. The molecule has 188 valence electrons. The maximum atomic E-state index is 12.8. The molecule has 1 aliphatic rings. The number of aromatic nitrogens is 2. The van der Waals surface area contributed by atoms with Gasteiger partial charge in [-0.2, -0.15) is 5.26 Å². The van der Waals surface area contributed by atoms with Gasteiger partial charge in [0.25, 0.3) is 5.91 Å². The van der Waals surface area contributed by atoms with E-state index in [-0.39, 0.29) is 23.8 Å². The van der Waals surface area contributed by atoms with Crippen molar-refractivity contribution in [3.8, 4) is 34.6 Å². The molecule has 1 aromatic heterocycles. The number of nitrogens with one attached hydrogen (secondary N) is 1. The van der Waals surface area contributed by atoms with Crippen LogP contribution in [0.5, 0.6) is 17.2 Å². The SMILES string of the molecule is Cc1nccc(-c2cccc(NC(=O)c3ccc(Oc4cc5c(cc4C#N)C(C(=O)O)CCO5)cc3)c2)n1. The van der Waals surface area contributed by atoms with Gasteiger partial charge in [0.15, 0.2) is 0 Å². The Hall–Kier alpha value is -5.23. The number of carboxylic acids is 1. The predicted octanol–water partition coefficient (Wildman–Crippen LogP) is 5.32. The van der Waals surface area contributed by atoms with Crippen LogP contribution < -0.4 is 14.8 Å². The molecule has 0 spiro atoms. The highest BCUT2D eigenvalue weighted by atomic mass is 16.5. The molecule has 0 saturated heterocycles. The van der Waals surface area contributed by atoms with Gasteiger partial charge in [0.2, 0.25) is 0 Å². The van der Waals surface area contributed by atoms with Crippen LogP contribution in [-0.2, 0) is 4.79 Å². The molecule has 1 unspecified atom stereocenters. The zero-order valence-electron chi connectivity index (χ0n) is 20.3. The summed E-state index contributed by atoms with van der Waals surface area (Å²) in [5, 5.41) is 22.0. The Morgan fingerprint density at radius 3 is 2.68 bits per heavy atom. The van der Waals surface area contributed by atoms with E-state index in [9.17, 15) is 20.0 Å². The van der Waals surface area contributed by atoms with Crippen molar-refractivity contribution in [3.63, 3.8) is 0 Å². The number of hydrogen-bond donors (Lipinski definition) is 2. The molecule has 1 aliphatic heterocycles. The Morgan fingerprint density at radius 2 is 1.95 bits per heavy atom. The van der Waals surface area contributed by atoms with E-state index in [0.29, 0.717) is 40.6 Å². The van der Waals surface area contributed by atoms with Crippen LogP contribution in [0.4, 0.5) is 5.69 Å². The summed E-state index contributed by atoms with van der Waals surface area (Å²) in [5.74, 6) is -0.301. The molecule has 5 rings (SSSR count). The molecule has 0 bridgehead atoms. The van der Waals surface area contributed by atoms with E-state index in [1.54, 1.807) is 36.5 Å². The molecule has 9 nitrogen and oxygen atoms in total. The molecule has 2 N–H and O–H groups in total. The van der Waals surface area contributed by atoms with Gasteiger partial charge in [-0.15, -0.1) is 0 Å². The molecule has 38 heavy (non-hydrogen) atoms. The molecule has 1 amide bonds. The minimum absolute atomic E-state index is 0.195. The Labute approximate surface area is 218 Å². The molecule has 4 aromatic rings. The van der Waals surface area contributed by atoms with Crippen LogP contribution in [0.25, 0.3) is 11.3 Å². The molecule has 3 aromatic carbocycles. The van der Waals surface area contributed by atoms with Gasteiger partial charge < -0.3 is 19.9 Å². The van der Waals surface area contributed by atoms with E-state index >= 15 is 0 Å². The lowest BCUT2D eigenvalue weighted by Crippen LogP contribution is -2.21. The zero-order valence-corrected chi connectivity index (χ0v) is 20.3. The van der Waals surface area contributed by atoms with Crippen molar-refractivity contribution in [2.24, 2.45) is 0 Å². The second-order valence-electron chi connectivity index (χ2n) is 8.68. The van der Waals surface area contributed by atoms with E-state index in [1.807, 2.05) is 31.2 Å². The van der Waals surface area contributed by atoms with Gasteiger partial charge in [-0.25, -0.2) is 9.97 Å². The van der Waals surface area contributed by atoms with E-state index in [0.717, 1.165) is 11.3 Å². The Balaban J connectivity index is 1.31. The number of carbonyl (C=O) groups is 2. The van der Waals surface area contributed by atoms with Crippen LogP contribution >= 0.6 is 0 Å². The Bertz CT molecular complexity index is 1580. The summed E-state index contributed by atoms with van der Waals surface area (Å²) in [6.07, 6.45) is 2.03. The van der Waals surface area contributed by atoms with E-state index in [2.05, 4.69) is 21.4 Å². The maximum absolute atomic E-state index is 12.8. The first kappa shape index (κ1) is 24.5. The molecule has 0 aliphatic carbocycles. The van der Waals surface area contributed by atoms with Crippen molar-refractivity contribution in [3.05, 3.63) is 95.4 Å². The average Bonchev–Trinajstić information content (AvgIpc) is 2.92. The summed E-state index contributed by atoms with van der Waals surface area (Å²) in [6.45, 7) is 2.08. The highest BCUT2D eigenvalue weighted by molar-refractivity contribution is 6.04. The van der Waals surface area contributed by atoms with Crippen molar-refractivity contribution in [2.75, 3.05) is 11.9 Å². The molecule has 0 saturated carbocycles. The van der Waals surface area contributed by atoms with Gasteiger partial charge >= 0.3 is 5.97 Å². The molecule has 2 heterocycles. The number of benzene rings is 3. The summed E-state index contributed by atoms with van der Waals surface area (Å²) in [6, 6.07) is 20.8. The van der Waals surface area contributed by atoms with Crippen molar-refractivity contribution in [1.29, 1.82) is 5.26 Å². The lowest BCUT2D eigenvalue weighted by atomic mass is 9.91. The number of carbonyl (C=O) groups excluding carboxylic acids is 1. The second-order valence-corrected chi connectivity index (χ2v) is 8.68. The smallest absolute Gasteiger partial charge is 0.311 e. The van der Waals surface area contributed by atoms with Crippen LogP contribution in [-0.4, -0.2) is 33.6 Å². The van der Waals surface area contributed by atoms with E-state index in [1.165, 1.54) is 12.1 Å². The number of nitriles is 1. The number of amides is 1. The largest absolute Gasteiger partial charge is 0.493 e. The number of aliphatic carboxylic acids is 1. The first-order valence-electron chi connectivity index (χ1n) is 11.8. The van der Waals surface area contributed by atoms with Crippen LogP contribution in [0.15, 0.2) is 72.9 Å². The number of anilines is 1. The number of carboxylic acid groups (broad SMARTS) is 1. The summed E-state index contributed by atoms with van der Waals surface area (Å²) >= 11 is 0. The highest BCUT2D eigenvalue weighted by Crippen LogP contribution is 2.39. The quantitative estimate of drug-likeness (QED) is 0.359. The second kappa shape index (κ2) is 10.4. The number of hydrogen-bond acceptors (Lipinski definition) is 7. The van der Waals surface area contributed by atoms with Gasteiger partial charge in [-0.3, -0.25) is 9.59 Å². The Morgan fingerprint density at radius 1 is 1.13 bits per heavy atom. The highest BCUT2D eigenvalue weighted by Gasteiger charge is 2.29. The van der Waals surface area contributed by atoms with Gasteiger partial charge in [0.05, 0.1) is 23.8 Å². The van der Waals surface area contributed by atoms with E-state index < -0.39 is 11.9 Å². The number of rotatable bonds is 6. The fourth-order valence-corrected chi connectivity index (χ4v) is 4.22. The van der Waals surface area contributed by atoms with Crippen molar-refractivity contribution in [1.82, 2.24) is 9.97 Å². The molecule has 0 radical (unpaired) electrons. The summed E-state index contributed by atoms with van der Waals surface area (Å²) in [5.41, 5.74) is 3.31. The van der Waals surface area contributed by atoms with Gasteiger partial charge in [-0.05, 0) is 61.9 Å². The first-order chi connectivity index (χ1) is 18.4. The third-order valence-electron chi connectivity index (χ3n) is 6.11. The number of aryl methyl sites for hydroxylation is 1. The van der Waals surface area contributed by atoms with Crippen LogP contribution in [0.2, 0.25) is 0 Å². The minimum Gasteiger partial charge on any atom is -0.493 e. The molecule has 0 fully saturated rings. The zero-order chi connectivity index (χ0) is 26.6. The third-order valence-corrected chi connectivity index (χ3v) is 6.11. The molecule has 9 heteroatoms. The van der Waals surface area contributed by atoms with Crippen LogP contribution in [0, 0.1) is 18.3 Å². The summed E-state index contributed by atoms with van der Waals surface area (Å²) in [7, 11) is 0. The monoisotopic (exact) mass is 506 g/mol. The Kier molecular flexibility index (Phi) is 6.70. The van der Waals surface area contributed by atoms with Gasteiger partial charge in [0, 0.05) is 34.6 Å². The normalized spacial score (nSPS) is 13.9. The fourth-order valence-electron chi connectivity index (χ4n) is 4.22. The number of ether oxygens (including phenoxy) is 2. The van der Waals surface area contributed by atoms with Crippen LogP contribution in [0.3, 0.4) is 0 Å². The molecular formula is C29H22N4O5. The fraction of sp³-hybridized carbons (Fsp3) is 0.138. The lowest BCUT2D eigenvalue weighted by Gasteiger charge is -2.24.